The summed E-state index contributed by atoms with van der Waals surface area (Å²) in [5.74, 6) is 0. The Labute approximate surface area is 96.9 Å². The summed E-state index contributed by atoms with van der Waals surface area (Å²) in [7, 11) is 0. The Kier molecular flexibility index (Phi) is 4.56. The maximum Gasteiger partial charge on any atom is 0.106 e. The molecule has 82 valence electrons. The first kappa shape index (κ1) is 12.0. The van der Waals surface area contributed by atoms with E-state index in [4.69, 9.17) is 18.0 Å². The number of nitrogens with two attached hydrogens (primary N) is 1. The number of hydrogen-bond acceptors (Lipinski definition) is 2. The van der Waals surface area contributed by atoms with Crippen LogP contribution in [0.5, 0.6) is 0 Å². The summed E-state index contributed by atoms with van der Waals surface area (Å²) >= 11 is 5.00. The number of anilines is 1. The standard InChI is InChI=1S/C12H18N2S/c1-3-6-9(2)14-11-8-5-4-7-10(11)12(13)15/h4-5,7-9,14H,3,6H2,1-2H3,(H2,13,15). The maximum absolute atomic E-state index is 5.66. The van der Waals surface area contributed by atoms with Crippen molar-refractivity contribution in [3.05, 3.63) is 29.8 Å². The fraction of sp³-hybridized carbons (Fsp3) is 0.417. The van der Waals surface area contributed by atoms with Crippen LogP contribution in [-0.2, 0) is 0 Å². The highest BCUT2D eigenvalue weighted by molar-refractivity contribution is 7.80. The summed E-state index contributed by atoms with van der Waals surface area (Å²) in [5, 5.41) is 3.43. The summed E-state index contributed by atoms with van der Waals surface area (Å²) < 4.78 is 0. The zero-order valence-corrected chi connectivity index (χ0v) is 10.1. The van der Waals surface area contributed by atoms with E-state index >= 15 is 0 Å². The molecule has 0 aliphatic carbocycles. The molecule has 0 saturated carbocycles. The van der Waals surface area contributed by atoms with Crippen molar-refractivity contribution in [3.63, 3.8) is 0 Å². The largest absolute Gasteiger partial charge is 0.389 e. The second-order valence-corrected chi connectivity index (χ2v) is 4.18. The molecule has 0 amide bonds. The van der Waals surface area contributed by atoms with Gasteiger partial charge in [-0.2, -0.15) is 0 Å². The van der Waals surface area contributed by atoms with Crippen LogP contribution in [0.15, 0.2) is 24.3 Å². The predicted octanol–water partition coefficient (Wildman–Crippen LogP) is 2.92. The second kappa shape index (κ2) is 5.71. The molecule has 0 aliphatic rings. The lowest BCUT2D eigenvalue weighted by molar-refractivity contribution is 0.690. The smallest absolute Gasteiger partial charge is 0.106 e. The topological polar surface area (TPSA) is 38.0 Å². The van der Waals surface area contributed by atoms with E-state index in [1.807, 2.05) is 24.3 Å². The Hall–Kier alpha value is -1.09. The predicted molar refractivity (Wildman–Crippen MR) is 70.3 cm³/mol. The van der Waals surface area contributed by atoms with Gasteiger partial charge >= 0.3 is 0 Å². The fourth-order valence-electron chi connectivity index (χ4n) is 1.59. The molecule has 15 heavy (non-hydrogen) atoms. The van der Waals surface area contributed by atoms with Gasteiger partial charge in [-0.15, -0.1) is 0 Å². The minimum atomic E-state index is 0.446. The zero-order chi connectivity index (χ0) is 11.3. The molecule has 1 atom stereocenters. The van der Waals surface area contributed by atoms with Crippen LogP contribution in [0.3, 0.4) is 0 Å². The van der Waals surface area contributed by atoms with Gasteiger partial charge in [-0.05, 0) is 25.5 Å². The summed E-state index contributed by atoms with van der Waals surface area (Å²) in [5.41, 5.74) is 7.62. The van der Waals surface area contributed by atoms with Gasteiger partial charge in [0.1, 0.15) is 4.99 Å². The highest BCUT2D eigenvalue weighted by Gasteiger charge is 2.06. The molecule has 1 aromatic carbocycles. The Balaban J connectivity index is 2.79. The van der Waals surface area contributed by atoms with Gasteiger partial charge in [0.15, 0.2) is 0 Å². The number of para-hydroxylation sites is 1. The fourth-order valence-corrected chi connectivity index (χ4v) is 1.77. The van der Waals surface area contributed by atoms with Crippen molar-refractivity contribution in [2.75, 3.05) is 5.32 Å². The van der Waals surface area contributed by atoms with Crippen molar-refractivity contribution in [2.24, 2.45) is 5.73 Å². The Morgan fingerprint density at radius 1 is 1.47 bits per heavy atom. The molecule has 1 rings (SSSR count). The van der Waals surface area contributed by atoms with Crippen LogP contribution in [0, 0.1) is 0 Å². The van der Waals surface area contributed by atoms with Crippen LogP contribution in [0.4, 0.5) is 5.69 Å². The van der Waals surface area contributed by atoms with Crippen molar-refractivity contribution in [2.45, 2.75) is 32.7 Å². The first-order chi connectivity index (χ1) is 7.15. The molecule has 2 nitrogen and oxygen atoms in total. The van der Waals surface area contributed by atoms with Gasteiger partial charge in [0.2, 0.25) is 0 Å². The molecule has 0 fully saturated rings. The lowest BCUT2D eigenvalue weighted by Gasteiger charge is -2.16. The van der Waals surface area contributed by atoms with Gasteiger partial charge in [-0.1, -0.05) is 37.7 Å². The molecule has 3 heteroatoms. The summed E-state index contributed by atoms with van der Waals surface area (Å²) in [6.45, 7) is 4.34. The van der Waals surface area contributed by atoms with Crippen LogP contribution in [0.1, 0.15) is 32.3 Å². The molecule has 0 radical (unpaired) electrons. The zero-order valence-electron chi connectivity index (χ0n) is 9.29. The van der Waals surface area contributed by atoms with E-state index in [0.29, 0.717) is 11.0 Å². The van der Waals surface area contributed by atoms with Gasteiger partial charge < -0.3 is 11.1 Å². The van der Waals surface area contributed by atoms with E-state index in [9.17, 15) is 0 Å². The molecule has 0 aromatic heterocycles. The maximum atomic E-state index is 5.66. The highest BCUT2D eigenvalue weighted by Crippen LogP contribution is 2.16. The minimum Gasteiger partial charge on any atom is -0.389 e. The number of rotatable bonds is 5. The van der Waals surface area contributed by atoms with Gasteiger partial charge in [-0.25, -0.2) is 0 Å². The third kappa shape index (κ3) is 3.51. The molecule has 1 aromatic rings. The molecule has 0 aliphatic heterocycles. The van der Waals surface area contributed by atoms with E-state index in [1.165, 1.54) is 6.42 Å². The van der Waals surface area contributed by atoms with Crippen molar-refractivity contribution in [1.29, 1.82) is 0 Å². The quantitative estimate of drug-likeness (QED) is 0.752. The van der Waals surface area contributed by atoms with Crippen molar-refractivity contribution in [3.8, 4) is 0 Å². The minimum absolute atomic E-state index is 0.446. The second-order valence-electron chi connectivity index (χ2n) is 3.74. The molecule has 0 bridgehead atoms. The molecule has 0 heterocycles. The number of benzene rings is 1. The monoisotopic (exact) mass is 222 g/mol. The lowest BCUT2D eigenvalue weighted by atomic mass is 10.1. The summed E-state index contributed by atoms with van der Waals surface area (Å²) in [4.78, 5) is 0.446. The van der Waals surface area contributed by atoms with Crippen molar-refractivity contribution < 1.29 is 0 Å². The van der Waals surface area contributed by atoms with E-state index in [-0.39, 0.29) is 0 Å². The summed E-state index contributed by atoms with van der Waals surface area (Å²) in [6.07, 6.45) is 2.31. The normalized spacial score (nSPS) is 12.1. The first-order valence-corrected chi connectivity index (χ1v) is 5.71. The van der Waals surface area contributed by atoms with Crippen LogP contribution >= 0.6 is 12.2 Å². The molecular formula is C12H18N2S. The van der Waals surface area contributed by atoms with Crippen LogP contribution < -0.4 is 11.1 Å². The number of thiocarbonyl (C=S) groups is 1. The molecular weight excluding hydrogens is 204 g/mol. The molecule has 3 N–H and O–H groups in total. The van der Waals surface area contributed by atoms with E-state index in [2.05, 4.69) is 19.2 Å². The Morgan fingerprint density at radius 3 is 2.73 bits per heavy atom. The lowest BCUT2D eigenvalue weighted by Crippen LogP contribution is -2.19. The van der Waals surface area contributed by atoms with Gasteiger partial charge in [0, 0.05) is 17.3 Å². The van der Waals surface area contributed by atoms with Crippen molar-refractivity contribution in [1.82, 2.24) is 0 Å². The Morgan fingerprint density at radius 2 is 2.13 bits per heavy atom. The molecule has 0 saturated heterocycles. The molecule has 1 unspecified atom stereocenters. The average molecular weight is 222 g/mol. The summed E-state index contributed by atoms with van der Waals surface area (Å²) in [6, 6.07) is 8.35. The Bertz CT molecular complexity index is 336. The molecule has 0 spiro atoms. The van der Waals surface area contributed by atoms with Crippen molar-refractivity contribution >= 4 is 22.9 Å². The van der Waals surface area contributed by atoms with Crippen LogP contribution in [0.2, 0.25) is 0 Å². The number of hydrogen-bond donors (Lipinski definition) is 2. The van der Waals surface area contributed by atoms with Crippen LogP contribution in [0.25, 0.3) is 0 Å². The van der Waals surface area contributed by atoms with E-state index < -0.39 is 0 Å². The third-order valence-electron chi connectivity index (χ3n) is 2.32. The first-order valence-electron chi connectivity index (χ1n) is 5.30. The van der Waals surface area contributed by atoms with Gasteiger partial charge in [-0.3, -0.25) is 0 Å². The van der Waals surface area contributed by atoms with Gasteiger partial charge in [0.25, 0.3) is 0 Å². The van der Waals surface area contributed by atoms with E-state index in [1.54, 1.807) is 0 Å². The SMILES string of the molecule is CCCC(C)Nc1ccccc1C(N)=S. The van der Waals surface area contributed by atoms with Gasteiger partial charge in [0.05, 0.1) is 0 Å². The van der Waals surface area contributed by atoms with Crippen LogP contribution in [-0.4, -0.2) is 11.0 Å². The third-order valence-corrected chi connectivity index (χ3v) is 2.54. The highest BCUT2D eigenvalue weighted by atomic mass is 32.1. The van der Waals surface area contributed by atoms with E-state index in [0.717, 1.165) is 17.7 Å². The number of nitrogens with one attached hydrogen (secondary N) is 1. The average Bonchev–Trinajstić information content (AvgIpc) is 2.18.